The van der Waals surface area contributed by atoms with Gasteiger partial charge in [0.2, 0.25) is 0 Å². The van der Waals surface area contributed by atoms with E-state index in [9.17, 15) is 4.79 Å². The fraction of sp³-hybridized carbons (Fsp3) is 0.312. The van der Waals surface area contributed by atoms with Gasteiger partial charge in [-0.15, -0.1) is 0 Å². The Morgan fingerprint density at radius 1 is 1.17 bits per heavy atom. The summed E-state index contributed by atoms with van der Waals surface area (Å²) < 4.78 is 4.86. The molecule has 0 radical (unpaired) electrons. The van der Waals surface area contributed by atoms with Crippen molar-refractivity contribution in [3.05, 3.63) is 47.5 Å². The molecular weight excluding hydrogens is 224 g/mol. The molecule has 0 spiro atoms. The summed E-state index contributed by atoms with van der Waals surface area (Å²) >= 11 is 0. The van der Waals surface area contributed by atoms with E-state index in [2.05, 4.69) is 19.1 Å². The van der Waals surface area contributed by atoms with Gasteiger partial charge in [-0.3, -0.25) is 0 Å². The van der Waals surface area contributed by atoms with Crippen LogP contribution in [0.3, 0.4) is 0 Å². The van der Waals surface area contributed by atoms with E-state index in [1.165, 1.54) is 6.08 Å². The van der Waals surface area contributed by atoms with Crippen molar-refractivity contribution < 1.29 is 9.53 Å². The first-order valence-corrected chi connectivity index (χ1v) is 6.38. The highest BCUT2D eigenvalue weighted by Gasteiger charge is 1.97. The number of hydrogen-bond donors (Lipinski definition) is 0. The van der Waals surface area contributed by atoms with Gasteiger partial charge in [-0.2, -0.15) is 0 Å². The molecule has 1 aromatic carbocycles. The van der Waals surface area contributed by atoms with Crippen molar-refractivity contribution in [1.82, 2.24) is 0 Å². The molecule has 96 valence electrons. The molecule has 0 heterocycles. The Kier molecular flexibility index (Phi) is 6.55. The molecule has 0 N–H and O–H groups in total. The first-order valence-electron chi connectivity index (χ1n) is 6.38. The van der Waals surface area contributed by atoms with Crippen LogP contribution in [0.5, 0.6) is 0 Å². The highest BCUT2D eigenvalue weighted by Crippen LogP contribution is 2.13. The van der Waals surface area contributed by atoms with Gasteiger partial charge in [0, 0.05) is 6.08 Å². The van der Waals surface area contributed by atoms with E-state index in [-0.39, 0.29) is 5.97 Å². The average Bonchev–Trinajstić information content (AvgIpc) is 2.38. The molecule has 0 bridgehead atoms. The lowest BCUT2D eigenvalue weighted by atomic mass is 10.1. The second kappa shape index (κ2) is 8.29. The molecular formula is C16H20O2. The number of unbranched alkanes of at least 4 members (excludes halogenated alkanes) is 1. The van der Waals surface area contributed by atoms with E-state index in [1.807, 2.05) is 24.3 Å². The van der Waals surface area contributed by atoms with E-state index in [0.29, 0.717) is 6.61 Å². The fourth-order valence-electron chi connectivity index (χ4n) is 1.54. The number of hydrogen-bond acceptors (Lipinski definition) is 2. The summed E-state index contributed by atoms with van der Waals surface area (Å²) in [5, 5.41) is 0. The maximum absolute atomic E-state index is 11.3. The van der Waals surface area contributed by atoms with Crippen molar-refractivity contribution in [1.29, 1.82) is 0 Å². The molecule has 0 aliphatic rings. The first kappa shape index (κ1) is 14.2. The van der Waals surface area contributed by atoms with Gasteiger partial charge >= 0.3 is 5.97 Å². The predicted octanol–water partition coefficient (Wildman–Crippen LogP) is 4.08. The van der Waals surface area contributed by atoms with Crippen LogP contribution in [0.4, 0.5) is 0 Å². The molecule has 0 atom stereocenters. The summed E-state index contributed by atoms with van der Waals surface area (Å²) in [6, 6.07) is 7.98. The highest BCUT2D eigenvalue weighted by atomic mass is 16.5. The van der Waals surface area contributed by atoms with E-state index >= 15 is 0 Å². The van der Waals surface area contributed by atoms with Crippen LogP contribution in [0.25, 0.3) is 12.2 Å². The van der Waals surface area contributed by atoms with E-state index in [1.54, 1.807) is 13.0 Å². The molecule has 0 aromatic heterocycles. The Bertz CT molecular complexity index is 430. The Balaban J connectivity index is 2.78. The molecule has 0 saturated heterocycles. The summed E-state index contributed by atoms with van der Waals surface area (Å²) in [6.07, 6.45) is 9.71. The fourth-order valence-corrected chi connectivity index (χ4v) is 1.54. The summed E-state index contributed by atoms with van der Waals surface area (Å²) in [6.45, 7) is 4.35. The molecule has 0 saturated carbocycles. The van der Waals surface area contributed by atoms with Crippen molar-refractivity contribution >= 4 is 18.1 Å². The standard InChI is InChI=1S/C16H20O2/c1-3-5-6-9-14-10-7-8-11-15(14)12-13-16(17)18-4-2/h6-13H,3-5H2,1-2H3/b9-6-,13-12+. The van der Waals surface area contributed by atoms with Gasteiger partial charge in [0.25, 0.3) is 0 Å². The van der Waals surface area contributed by atoms with Gasteiger partial charge in [0.05, 0.1) is 6.61 Å². The van der Waals surface area contributed by atoms with Crippen LogP contribution in [-0.4, -0.2) is 12.6 Å². The molecule has 0 aliphatic heterocycles. The quantitative estimate of drug-likeness (QED) is 0.557. The molecule has 1 aromatic rings. The third-order valence-electron chi connectivity index (χ3n) is 2.43. The number of esters is 1. The summed E-state index contributed by atoms with van der Waals surface area (Å²) in [5.74, 6) is -0.301. The summed E-state index contributed by atoms with van der Waals surface area (Å²) in [5.41, 5.74) is 2.14. The largest absolute Gasteiger partial charge is 0.463 e. The topological polar surface area (TPSA) is 26.3 Å². The molecule has 2 heteroatoms. The zero-order valence-corrected chi connectivity index (χ0v) is 11.1. The summed E-state index contributed by atoms with van der Waals surface area (Å²) in [7, 11) is 0. The van der Waals surface area contributed by atoms with Crippen molar-refractivity contribution in [3.63, 3.8) is 0 Å². The Morgan fingerprint density at radius 2 is 1.83 bits per heavy atom. The Hall–Kier alpha value is -1.83. The van der Waals surface area contributed by atoms with Crippen LogP contribution < -0.4 is 0 Å². The monoisotopic (exact) mass is 244 g/mol. The van der Waals surface area contributed by atoms with E-state index < -0.39 is 0 Å². The lowest BCUT2D eigenvalue weighted by Crippen LogP contribution is -1.98. The van der Waals surface area contributed by atoms with Crippen LogP contribution in [0, 0.1) is 0 Å². The predicted molar refractivity (Wildman–Crippen MR) is 76.1 cm³/mol. The maximum Gasteiger partial charge on any atom is 0.330 e. The van der Waals surface area contributed by atoms with Gasteiger partial charge in [-0.05, 0) is 30.5 Å². The molecule has 0 aliphatic carbocycles. The van der Waals surface area contributed by atoms with Gasteiger partial charge in [0.1, 0.15) is 0 Å². The zero-order chi connectivity index (χ0) is 13.2. The molecule has 18 heavy (non-hydrogen) atoms. The van der Waals surface area contributed by atoms with Gasteiger partial charge in [0.15, 0.2) is 0 Å². The zero-order valence-electron chi connectivity index (χ0n) is 11.1. The number of carbonyl (C=O) groups is 1. The number of rotatable bonds is 6. The van der Waals surface area contributed by atoms with Crippen LogP contribution in [-0.2, 0) is 9.53 Å². The van der Waals surface area contributed by atoms with Crippen LogP contribution >= 0.6 is 0 Å². The Labute approximate surface area is 109 Å². The highest BCUT2D eigenvalue weighted by molar-refractivity contribution is 5.87. The normalized spacial score (nSPS) is 11.2. The molecule has 1 rings (SSSR count). The van der Waals surface area contributed by atoms with Crippen molar-refractivity contribution in [3.8, 4) is 0 Å². The molecule has 0 amide bonds. The lowest BCUT2D eigenvalue weighted by molar-refractivity contribution is -0.137. The minimum absolute atomic E-state index is 0.301. The third kappa shape index (κ3) is 5.00. The van der Waals surface area contributed by atoms with E-state index in [0.717, 1.165) is 24.0 Å². The number of ether oxygens (including phenoxy) is 1. The molecule has 0 fully saturated rings. The van der Waals surface area contributed by atoms with Crippen LogP contribution in [0.2, 0.25) is 0 Å². The summed E-state index contributed by atoms with van der Waals surface area (Å²) in [4.78, 5) is 11.3. The molecule has 2 nitrogen and oxygen atoms in total. The van der Waals surface area contributed by atoms with Crippen molar-refractivity contribution in [2.45, 2.75) is 26.7 Å². The number of allylic oxidation sites excluding steroid dienone is 1. The van der Waals surface area contributed by atoms with Gasteiger partial charge in [-0.1, -0.05) is 49.8 Å². The van der Waals surface area contributed by atoms with Gasteiger partial charge < -0.3 is 4.74 Å². The lowest BCUT2D eigenvalue weighted by Gasteiger charge is -2.00. The second-order valence-corrected chi connectivity index (χ2v) is 3.91. The number of benzene rings is 1. The van der Waals surface area contributed by atoms with Crippen LogP contribution in [0.1, 0.15) is 37.8 Å². The minimum Gasteiger partial charge on any atom is -0.463 e. The second-order valence-electron chi connectivity index (χ2n) is 3.91. The van der Waals surface area contributed by atoms with Crippen molar-refractivity contribution in [2.24, 2.45) is 0 Å². The third-order valence-corrected chi connectivity index (χ3v) is 2.43. The SMILES string of the molecule is CCC/C=C\c1ccccc1/C=C/C(=O)OCC. The minimum atomic E-state index is -0.301. The smallest absolute Gasteiger partial charge is 0.330 e. The number of carbonyl (C=O) groups excluding carboxylic acids is 1. The van der Waals surface area contributed by atoms with E-state index in [4.69, 9.17) is 4.74 Å². The average molecular weight is 244 g/mol. The Morgan fingerprint density at radius 3 is 2.44 bits per heavy atom. The van der Waals surface area contributed by atoms with Crippen molar-refractivity contribution in [2.75, 3.05) is 6.61 Å². The van der Waals surface area contributed by atoms with Crippen LogP contribution in [0.15, 0.2) is 36.4 Å². The van der Waals surface area contributed by atoms with Gasteiger partial charge in [-0.25, -0.2) is 4.79 Å². The first-order chi connectivity index (χ1) is 8.77. The maximum atomic E-state index is 11.3. The molecule has 0 unspecified atom stereocenters.